The minimum Gasteiger partial charge on any atom is -0.458 e. The standard InChI is InChI=1S/C19H18FN3OS/c1-21-18-16(20)12-22-19(23-18)24-13-15-10-11-17(25-15)14-8-6-4-2-3-5-7-9-14/h2,4,9-12H,6-8,13H2,1H3,(H,21,22,23)/b4-2-,14-9+. The van der Waals surface area contributed by atoms with E-state index < -0.39 is 5.82 Å². The topological polar surface area (TPSA) is 47.0 Å². The molecule has 0 saturated carbocycles. The zero-order chi connectivity index (χ0) is 17.5. The highest BCUT2D eigenvalue weighted by atomic mass is 32.1. The molecule has 2 heterocycles. The summed E-state index contributed by atoms with van der Waals surface area (Å²) in [4.78, 5) is 10.1. The van der Waals surface area contributed by atoms with Crippen molar-refractivity contribution >= 4 is 22.7 Å². The molecular weight excluding hydrogens is 337 g/mol. The molecule has 0 unspecified atom stereocenters. The van der Waals surface area contributed by atoms with Crippen LogP contribution in [0, 0.1) is 17.7 Å². The molecule has 1 N–H and O–H groups in total. The van der Waals surface area contributed by atoms with E-state index in [9.17, 15) is 4.39 Å². The number of rotatable bonds is 5. The molecule has 0 radical (unpaired) electrons. The fourth-order valence-corrected chi connectivity index (χ4v) is 3.35. The van der Waals surface area contributed by atoms with E-state index in [1.54, 1.807) is 18.4 Å². The Labute approximate surface area is 150 Å². The van der Waals surface area contributed by atoms with Crippen molar-refractivity contribution in [3.8, 4) is 17.9 Å². The van der Waals surface area contributed by atoms with Gasteiger partial charge in [-0.15, -0.1) is 11.3 Å². The summed E-state index contributed by atoms with van der Waals surface area (Å²) in [5.74, 6) is 5.75. The van der Waals surface area contributed by atoms with Gasteiger partial charge in [0, 0.05) is 23.2 Å². The molecule has 6 heteroatoms. The first-order chi connectivity index (χ1) is 12.3. The molecule has 0 amide bonds. The number of allylic oxidation sites excluding steroid dienone is 4. The quantitative estimate of drug-likeness (QED) is 0.806. The van der Waals surface area contributed by atoms with E-state index in [0.717, 1.165) is 30.3 Å². The molecule has 2 aromatic rings. The Balaban J connectivity index is 1.66. The SMILES string of the molecule is CNc1nc(OCc2ccc(/C3=C/CC#C/C=C\CC3)s2)ncc1F. The molecule has 2 aromatic heterocycles. The summed E-state index contributed by atoms with van der Waals surface area (Å²) in [7, 11) is 1.60. The highest BCUT2D eigenvalue weighted by Gasteiger charge is 2.09. The average Bonchev–Trinajstić information content (AvgIpc) is 3.13. The van der Waals surface area contributed by atoms with Crippen molar-refractivity contribution in [2.24, 2.45) is 0 Å². The summed E-state index contributed by atoms with van der Waals surface area (Å²) in [5.41, 5.74) is 1.31. The van der Waals surface area contributed by atoms with Crippen molar-refractivity contribution in [3.05, 3.63) is 52.1 Å². The Hall–Kier alpha value is -2.65. The first kappa shape index (κ1) is 17.2. The lowest BCUT2D eigenvalue weighted by Gasteiger charge is -2.05. The highest BCUT2D eigenvalue weighted by Crippen LogP contribution is 2.29. The molecular formula is C19H18FN3OS. The summed E-state index contributed by atoms with van der Waals surface area (Å²) in [6.45, 7) is 0.354. The van der Waals surface area contributed by atoms with Gasteiger partial charge in [-0.05, 0) is 36.6 Å². The van der Waals surface area contributed by atoms with Crippen LogP contribution >= 0.6 is 11.3 Å². The van der Waals surface area contributed by atoms with Gasteiger partial charge < -0.3 is 10.1 Å². The van der Waals surface area contributed by atoms with Crippen LogP contribution < -0.4 is 10.1 Å². The summed E-state index contributed by atoms with van der Waals surface area (Å²) < 4.78 is 19.0. The van der Waals surface area contributed by atoms with Crippen LogP contribution in [0.3, 0.4) is 0 Å². The summed E-state index contributed by atoms with van der Waals surface area (Å²) >= 11 is 1.68. The number of hydrogen-bond donors (Lipinski definition) is 1. The lowest BCUT2D eigenvalue weighted by atomic mass is 10.1. The van der Waals surface area contributed by atoms with Gasteiger partial charge in [0.05, 0.1) is 6.20 Å². The van der Waals surface area contributed by atoms with Crippen LogP contribution in [0.15, 0.2) is 36.6 Å². The predicted molar refractivity (Wildman–Crippen MR) is 98.9 cm³/mol. The minimum atomic E-state index is -0.502. The molecule has 1 aliphatic carbocycles. The fraction of sp³-hybridized carbons (Fsp3) is 0.263. The normalized spacial score (nSPS) is 17.1. The van der Waals surface area contributed by atoms with Crippen LogP contribution in [0.5, 0.6) is 6.01 Å². The van der Waals surface area contributed by atoms with Gasteiger partial charge in [-0.1, -0.05) is 24.0 Å². The first-order valence-corrected chi connectivity index (χ1v) is 8.82. The number of anilines is 1. The van der Waals surface area contributed by atoms with Crippen LogP contribution in [0.1, 0.15) is 29.0 Å². The van der Waals surface area contributed by atoms with Gasteiger partial charge in [0.25, 0.3) is 0 Å². The van der Waals surface area contributed by atoms with Crippen molar-refractivity contribution in [1.29, 1.82) is 0 Å². The van der Waals surface area contributed by atoms with E-state index in [-0.39, 0.29) is 11.8 Å². The Morgan fingerprint density at radius 2 is 2.32 bits per heavy atom. The molecule has 1 aliphatic rings. The van der Waals surface area contributed by atoms with Gasteiger partial charge in [0.2, 0.25) is 0 Å². The lowest BCUT2D eigenvalue weighted by Crippen LogP contribution is -2.02. The number of thiophene rings is 1. The fourth-order valence-electron chi connectivity index (χ4n) is 2.36. The number of nitrogens with one attached hydrogen (secondary N) is 1. The zero-order valence-electron chi connectivity index (χ0n) is 13.9. The number of halogens is 1. The van der Waals surface area contributed by atoms with E-state index in [1.807, 2.05) is 12.1 Å². The largest absolute Gasteiger partial charge is 0.458 e. The van der Waals surface area contributed by atoms with Crippen LogP contribution in [0.2, 0.25) is 0 Å². The Morgan fingerprint density at radius 3 is 3.20 bits per heavy atom. The monoisotopic (exact) mass is 355 g/mol. The van der Waals surface area contributed by atoms with Crippen molar-refractivity contribution in [2.45, 2.75) is 25.9 Å². The Bertz CT molecular complexity index is 861. The third kappa shape index (κ3) is 4.68. The van der Waals surface area contributed by atoms with Crippen LogP contribution in [0.4, 0.5) is 10.2 Å². The maximum atomic E-state index is 13.4. The molecule has 0 fully saturated rings. The van der Waals surface area contributed by atoms with Gasteiger partial charge in [0.15, 0.2) is 11.6 Å². The smallest absolute Gasteiger partial charge is 0.318 e. The van der Waals surface area contributed by atoms with Crippen LogP contribution in [-0.4, -0.2) is 17.0 Å². The summed E-state index contributed by atoms with van der Waals surface area (Å²) in [5, 5.41) is 2.67. The van der Waals surface area contributed by atoms with E-state index in [2.05, 4.69) is 45.3 Å². The maximum absolute atomic E-state index is 13.4. The van der Waals surface area contributed by atoms with Crippen LogP contribution in [-0.2, 0) is 6.61 Å². The van der Waals surface area contributed by atoms with Gasteiger partial charge in [-0.2, -0.15) is 4.98 Å². The van der Waals surface area contributed by atoms with Gasteiger partial charge >= 0.3 is 6.01 Å². The van der Waals surface area contributed by atoms with E-state index in [0.29, 0.717) is 6.61 Å². The molecule has 3 rings (SSSR count). The molecule has 0 aliphatic heterocycles. The number of hydrogen-bond acceptors (Lipinski definition) is 5. The third-order valence-corrected chi connectivity index (χ3v) is 4.75. The zero-order valence-corrected chi connectivity index (χ0v) is 14.7. The number of ether oxygens (including phenoxy) is 1. The van der Waals surface area contributed by atoms with Crippen molar-refractivity contribution in [1.82, 2.24) is 9.97 Å². The Kier molecular flexibility index (Phi) is 5.81. The van der Waals surface area contributed by atoms with Crippen molar-refractivity contribution in [3.63, 3.8) is 0 Å². The number of nitrogens with zero attached hydrogens (tertiary/aromatic N) is 2. The van der Waals surface area contributed by atoms with Gasteiger partial charge in [0.1, 0.15) is 6.61 Å². The molecule has 0 bridgehead atoms. The van der Waals surface area contributed by atoms with Crippen molar-refractivity contribution in [2.75, 3.05) is 12.4 Å². The lowest BCUT2D eigenvalue weighted by molar-refractivity contribution is 0.283. The predicted octanol–water partition coefficient (Wildman–Crippen LogP) is 4.42. The number of aromatic nitrogens is 2. The van der Waals surface area contributed by atoms with E-state index in [4.69, 9.17) is 4.74 Å². The van der Waals surface area contributed by atoms with Crippen molar-refractivity contribution < 1.29 is 9.13 Å². The van der Waals surface area contributed by atoms with Gasteiger partial charge in [-0.3, -0.25) is 0 Å². The van der Waals surface area contributed by atoms with Crippen LogP contribution in [0.25, 0.3) is 5.57 Å². The molecule has 0 aromatic carbocycles. The molecule has 25 heavy (non-hydrogen) atoms. The second-order valence-electron chi connectivity index (χ2n) is 5.35. The van der Waals surface area contributed by atoms with E-state index >= 15 is 0 Å². The Morgan fingerprint density at radius 1 is 1.40 bits per heavy atom. The highest BCUT2D eigenvalue weighted by molar-refractivity contribution is 7.13. The second kappa shape index (κ2) is 8.45. The first-order valence-electron chi connectivity index (χ1n) is 8.01. The second-order valence-corrected chi connectivity index (χ2v) is 6.52. The molecule has 4 nitrogen and oxygen atoms in total. The molecule has 0 atom stereocenters. The average molecular weight is 355 g/mol. The van der Waals surface area contributed by atoms with E-state index in [1.165, 1.54) is 10.5 Å². The molecule has 0 spiro atoms. The summed E-state index contributed by atoms with van der Waals surface area (Å²) in [6, 6.07) is 4.30. The third-order valence-electron chi connectivity index (χ3n) is 3.61. The minimum absolute atomic E-state index is 0.127. The molecule has 0 saturated heterocycles. The summed E-state index contributed by atoms with van der Waals surface area (Å²) in [6.07, 6.45) is 10.1. The maximum Gasteiger partial charge on any atom is 0.318 e. The molecule has 128 valence electrons. The van der Waals surface area contributed by atoms with Gasteiger partial charge in [-0.25, -0.2) is 9.37 Å².